The molecule has 1 heterocycles. The lowest BCUT2D eigenvalue weighted by atomic mass is 10.1. The van der Waals surface area contributed by atoms with Gasteiger partial charge in [0.25, 0.3) is 11.8 Å². The van der Waals surface area contributed by atoms with Crippen LogP contribution in [0.25, 0.3) is 0 Å². The fourth-order valence-electron chi connectivity index (χ4n) is 2.68. The molecule has 0 bridgehead atoms. The molecule has 1 saturated heterocycles. The molecule has 7 nitrogen and oxygen atoms in total. The molecule has 1 fully saturated rings. The molecule has 0 aliphatic carbocycles. The Kier molecular flexibility index (Phi) is 5.09. The highest BCUT2D eigenvalue weighted by atomic mass is 35.5. The Morgan fingerprint density at radius 3 is 2.50 bits per heavy atom. The van der Waals surface area contributed by atoms with Gasteiger partial charge < -0.3 is 10.0 Å². The Bertz CT molecular complexity index is 884. The highest BCUT2D eigenvalue weighted by Crippen LogP contribution is 2.30. The number of aromatic hydroxyl groups is 1. The molecule has 8 heteroatoms. The number of amides is 3. The second kappa shape index (κ2) is 7.45. The van der Waals surface area contributed by atoms with Crippen LogP contribution in [-0.2, 0) is 4.79 Å². The number of para-hydroxylation sites is 1. The molecule has 0 saturated carbocycles. The molecule has 3 rings (SSSR count). The van der Waals surface area contributed by atoms with E-state index in [-0.39, 0.29) is 22.8 Å². The number of nitrogens with zero attached hydrogens (tertiary/aromatic N) is 1. The van der Waals surface area contributed by atoms with Gasteiger partial charge in [-0.15, -0.1) is 0 Å². The molecule has 0 atom stereocenters. The summed E-state index contributed by atoms with van der Waals surface area (Å²) in [4.78, 5) is 37.7. The second-order valence-electron chi connectivity index (χ2n) is 5.74. The zero-order valence-corrected chi connectivity index (χ0v) is 14.4. The predicted molar refractivity (Wildman–Crippen MR) is 96.1 cm³/mol. The summed E-state index contributed by atoms with van der Waals surface area (Å²) < 4.78 is 0. The van der Waals surface area contributed by atoms with E-state index in [0.717, 1.165) is 6.42 Å². The number of halogens is 1. The van der Waals surface area contributed by atoms with Gasteiger partial charge in [-0.25, -0.2) is 0 Å². The van der Waals surface area contributed by atoms with E-state index in [1.165, 1.54) is 30.3 Å². The maximum Gasteiger partial charge on any atom is 0.273 e. The highest BCUT2D eigenvalue weighted by molar-refractivity contribution is 6.34. The lowest BCUT2D eigenvalue weighted by Gasteiger charge is -2.18. The first-order valence-electron chi connectivity index (χ1n) is 7.96. The third kappa shape index (κ3) is 3.62. The van der Waals surface area contributed by atoms with Crippen LogP contribution in [0.4, 0.5) is 5.69 Å². The summed E-state index contributed by atoms with van der Waals surface area (Å²) in [5, 5.41) is 10.0. The molecule has 2 aromatic carbocycles. The number of carbonyl (C=O) groups excluding carboxylic acids is 3. The summed E-state index contributed by atoms with van der Waals surface area (Å²) in [6.07, 6.45) is 1.19. The molecule has 0 spiro atoms. The largest absolute Gasteiger partial charge is 0.507 e. The van der Waals surface area contributed by atoms with Crippen LogP contribution in [0, 0.1) is 0 Å². The van der Waals surface area contributed by atoms with Crippen molar-refractivity contribution in [1.82, 2.24) is 10.9 Å². The molecule has 26 heavy (non-hydrogen) atoms. The monoisotopic (exact) mass is 373 g/mol. The molecule has 134 valence electrons. The van der Waals surface area contributed by atoms with Crippen molar-refractivity contribution in [2.24, 2.45) is 0 Å². The van der Waals surface area contributed by atoms with Gasteiger partial charge in [-0.3, -0.25) is 25.2 Å². The van der Waals surface area contributed by atoms with Gasteiger partial charge in [0.15, 0.2) is 0 Å². The summed E-state index contributed by atoms with van der Waals surface area (Å²) in [5.41, 5.74) is 5.25. The molecular formula is C18H16ClN3O4. The minimum atomic E-state index is -0.652. The van der Waals surface area contributed by atoms with Crippen LogP contribution in [0.2, 0.25) is 5.02 Å². The maximum atomic E-state index is 12.3. The molecule has 0 radical (unpaired) electrons. The van der Waals surface area contributed by atoms with Crippen molar-refractivity contribution in [2.75, 3.05) is 11.4 Å². The van der Waals surface area contributed by atoms with Gasteiger partial charge in [-0.05, 0) is 36.8 Å². The van der Waals surface area contributed by atoms with E-state index in [1.54, 1.807) is 17.0 Å². The topological polar surface area (TPSA) is 98.7 Å². The summed E-state index contributed by atoms with van der Waals surface area (Å²) in [6, 6.07) is 10.5. The molecule has 0 unspecified atom stereocenters. The van der Waals surface area contributed by atoms with E-state index < -0.39 is 11.8 Å². The van der Waals surface area contributed by atoms with Crippen molar-refractivity contribution in [3.63, 3.8) is 0 Å². The summed E-state index contributed by atoms with van der Waals surface area (Å²) in [7, 11) is 0. The van der Waals surface area contributed by atoms with Crippen LogP contribution >= 0.6 is 11.6 Å². The number of benzene rings is 2. The number of hydrazine groups is 1. The fourth-order valence-corrected chi connectivity index (χ4v) is 2.90. The average molecular weight is 374 g/mol. The van der Waals surface area contributed by atoms with E-state index in [0.29, 0.717) is 23.7 Å². The van der Waals surface area contributed by atoms with Crippen LogP contribution < -0.4 is 15.8 Å². The first-order chi connectivity index (χ1) is 12.5. The number of phenols is 1. The van der Waals surface area contributed by atoms with Gasteiger partial charge in [0, 0.05) is 18.5 Å². The van der Waals surface area contributed by atoms with Gasteiger partial charge in [-0.2, -0.15) is 0 Å². The van der Waals surface area contributed by atoms with E-state index in [1.807, 2.05) is 0 Å². The third-order valence-corrected chi connectivity index (χ3v) is 4.33. The number of phenolic OH excluding ortho intramolecular Hbond substituents is 1. The summed E-state index contributed by atoms with van der Waals surface area (Å²) in [6.45, 7) is 0.549. The van der Waals surface area contributed by atoms with Gasteiger partial charge in [0.2, 0.25) is 5.91 Å². The van der Waals surface area contributed by atoms with Crippen LogP contribution in [0.15, 0.2) is 42.5 Å². The smallest absolute Gasteiger partial charge is 0.273 e. The Labute approximate surface area is 154 Å². The first-order valence-corrected chi connectivity index (χ1v) is 8.34. The number of hydrogen-bond acceptors (Lipinski definition) is 4. The molecule has 1 aliphatic heterocycles. The molecule has 2 aromatic rings. The van der Waals surface area contributed by atoms with Crippen LogP contribution in [0.1, 0.15) is 33.6 Å². The Morgan fingerprint density at radius 2 is 1.81 bits per heavy atom. The maximum absolute atomic E-state index is 12.3. The average Bonchev–Trinajstić information content (AvgIpc) is 3.06. The zero-order chi connectivity index (χ0) is 18.7. The van der Waals surface area contributed by atoms with Gasteiger partial charge in [-0.1, -0.05) is 23.7 Å². The summed E-state index contributed by atoms with van der Waals surface area (Å²) in [5.74, 6) is -1.46. The van der Waals surface area contributed by atoms with Gasteiger partial charge in [0.05, 0.1) is 16.3 Å². The summed E-state index contributed by atoms with van der Waals surface area (Å²) >= 11 is 6.15. The molecule has 1 aliphatic rings. The first kappa shape index (κ1) is 17.8. The van der Waals surface area contributed by atoms with Crippen LogP contribution in [0.5, 0.6) is 5.75 Å². The van der Waals surface area contributed by atoms with Crippen molar-refractivity contribution in [3.05, 3.63) is 58.6 Å². The number of nitrogens with one attached hydrogen (secondary N) is 2. The van der Waals surface area contributed by atoms with E-state index in [4.69, 9.17) is 11.6 Å². The SMILES string of the molecule is O=C(NNC(=O)c1ccccc1O)c1ccc(Cl)c(N2CCCC2=O)c1. The minimum absolute atomic E-state index is 0.0345. The fraction of sp³-hybridized carbons (Fsp3) is 0.167. The Balaban J connectivity index is 1.71. The third-order valence-electron chi connectivity index (χ3n) is 4.01. The Morgan fingerprint density at radius 1 is 1.08 bits per heavy atom. The minimum Gasteiger partial charge on any atom is -0.507 e. The normalized spacial score (nSPS) is 13.6. The molecule has 3 amide bonds. The van der Waals surface area contributed by atoms with Crippen LogP contribution in [0.3, 0.4) is 0 Å². The van der Waals surface area contributed by atoms with Crippen molar-refractivity contribution >= 4 is 35.0 Å². The zero-order valence-electron chi connectivity index (χ0n) is 13.7. The Hall–Kier alpha value is -3.06. The lowest BCUT2D eigenvalue weighted by molar-refractivity contribution is -0.117. The standard InChI is InChI=1S/C18H16ClN3O4/c19-13-8-7-11(10-14(13)22-9-3-6-16(22)24)17(25)20-21-18(26)12-4-1-2-5-15(12)23/h1-2,4-5,7-8,10,23H,3,6,9H2,(H,20,25)(H,21,26). The predicted octanol–water partition coefficient (Wildman–Crippen LogP) is 2.25. The van der Waals surface area contributed by atoms with Gasteiger partial charge in [0.1, 0.15) is 5.75 Å². The number of anilines is 1. The van der Waals surface area contributed by atoms with Crippen molar-refractivity contribution in [1.29, 1.82) is 0 Å². The lowest BCUT2D eigenvalue weighted by Crippen LogP contribution is -2.41. The van der Waals surface area contributed by atoms with Gasteiger partial charge >= 0.3 is 0 Å². The number of carbonyl (C=O) groups is 3. The van der Waals surface area contributed by atoms with Crippen molar-refractivity contribution in [3.8, 4) is 5.75 Å². The van der Waals surface area contributed by atoms with Crippen molar-refractivity contribution in [2.45, 2.75) is 12.8 Å². The molecule has 3 N–H and O–H groups in total. The molecular weight excluding hydrogens is 358 g/mol. The van der Waals surface area contributed by atoms with Crippen LogP contribution in [-0.4, -0.2) is 29.4 Å². The quantitative estimate of drug-likeness (QED) is 0.718. The second-order valence-corrected chi connectivity index (χ2v) is 6.15. The number of rotatable bonds is 3. The molecule has 0 aromatic heterocycles. The number of hydrogen-bond donors (Lipinski definition) is 3. The van der Waals surface area contributed by atoms with E-state index in [9.17, 15) is 19.5 Å². The van der Waals surface area contributed by atoms with Crippen molar-refractivity contribution < 1.29 is 19.5 Å². The van der Waals surface area contributed by atoms with E-state index in [2.05, 4.69) is 10.9 Å². The highest BCUT2D eigenvalue weighted by Gasteiger charge is 2.24. The van der Waals surface area contributed by atoms with E-state index >= 15 is 0 Å².